The molecule has 136 valence electrons. The standard InChI is InChI=1S/C20H14FNO5/c21-19-16(20(23)24)10-14(11-17(19)22(25)26)15-8-4-5-9-18(15)27-12-13-6-2-1-3-7-13/h1-11H,12H2,(H,23,24). The number of carbonyl (C=O) groups is 1. The number of nitro groups is 1. The Morgan fingerprint density at radius 1 is 1.07 bits per heavy atom. The quantitative estimate of drug-likeness (QED) is 0.505. The third kappa shape index (κ3) is 3.92. The van der Waals surface area contributed by atoms with E-state index in [4.69, 9.17) is 4.74 Å². The van der Waals surface area contributed by atoms with Crippen molar-refractivity contribution in [2.45, 2.75) is 6.61 Å². The smallest absolute Gasteiger partial charge is 0.338 e. The molecule has 0 aliphatic heterocycles. The van der Waals surface area contributed by atoms with Crippen molar-refractivity contribution in [3.05, 3.63) is 93.8 Å². The van der Waals surface area contributed by atoms with Gasteiger partial charge >= 0.3 is 11.7 Å². The zero-order valence-corrected chi connectivity index (χ0v) is 14.0. The van der Waals surface area contributed by atoms with Crippen molar-refractivity contribution in [2.24, 2.45) is 0 Å². The Morgan fingerprint density at radius 3 is 2.41 bits per heavy atom. The molecular weight excluding hydrogens is 353 g/mol. The van der Waals surface area contributed by atoms with Crippen LogP contribution in [0, 0.1) is 15.9 Å². The Balaban J connectivity index is 2.04. The lowest BCUT2D eigenvalue weighted by molar-refractivity contribution is -0.387. The first-order chi connectivity index (χ1) is 13.0. The largest absolute Gasteiger partial charge is 0.488 e. The minimum Gasteiger partial charge on any atom is -0.488 e. The zero-order chi connectivity index (χ0) is 19.4. The number of para-hydroxylation sites is 1. The molecule has 3 rings (SSSR count). The van der Waals surface area contributed by atoms with E-state index < -0.39 is 28.0 Å². The van der Waals surface area contributed by atoms with Crippen LogP contribution in [0.15, 0.2) is 66.7 Å². The summed E-state index contributed by atoms with van der Waals surface area (Å²) >= 11 is 0. The summed E-state index contributed by atoms with van der Waals surface area (Å²) in [6.45, 7) is 0.257. The Hall–Kier alpha value is -3.74. The number of carboxylic acid groups (broad SMARTS) is 1. The third-order valence-electron chi connectivity index (χ3n) is 3.92. The average molecular weight is 367 g/mol. The predicted octanol–water partition coefficient (Wildman–Crippen LogP) is 4.68. The summed E-state index contributed by atoms with van der Waals surface area (Å²) in [5, 5.41) is 20.3. The summed E-state index contributed by atoms with van der Waals surface area (Å²) in [5.41, 5.74) is -0.133. The summed E-state index contributed by atoms with van der Waals surface area (Å²) in [6, 6.07) is 18.1. The molecule has 0 heterocycles. The minimum atomic E-state index is -1.58. The highest BCUT2D eigenvalue weighted by atomic mass is 19.1. The topological polar surface area (TPSA) is 89.7 Å². The first-order valence-electron chi connectivity index (χ1n) is 7.94. The SMILES string of the molecule is O=C(O)c1cc(-c2ccccc2OCc2ccccc2)cc([N+](=O)[O-])c1F. The Morgan fingerprint density at radius 2 is 1.74 bits per heavy atom. The van der Waals surface area contributed by atoms with Gasteiger partial charge in [-0.1, -0.05) is 48.5 Å². The Labute approximate surface area is 153 Å². The van der Waals surface area contributed by atoms with Crippen LogP contribution in [-0.4, -0.2) is 16.0 Å². The van der Waals surface area contributed by atoms with Crippen molar-refractivity contribution in [3.8, 4) is 16.9 Å². The highest BCUT2D eigenvalue weighted by Crippen LogP contribution is 2.35. The number of nitrogens with zero attached hydrogens (tertiary/aromatic N) is 1. The molecule has 0 amide bonds. The van der Waals surface area contributed by atoms with Gasteiger partial charge in [-0.15, -0.1) is 0 Å². The fourth-order valence-corrected chi connectivity index (χ4v) is 2.62. The van der Waals surface area contributed by atoms with E-state index in [0.29, 0.717) is 11.3 Å². The molecule has 0 fully saturated rings. The van der Waals surface area contributed by atoms with Crippen molar-refractivity contribution in [1.82, 2.24) is 0 Å². The van der Waals surface area contributed by atoms with Gasteiger partial charge in [0.05, 0.1) is 4.92 Å². The lowest BCUT2D eigenvalue weighted by Crippen LogP contribution is -2.05. The molecule has 0 saturated heterocycles. The molecular formula is C20H14FNO5. The normalized spacial score (nSPS) is 10.4. The summed E-state index contributed by atoms with van der Waals surface area (Å²) in [7, 11) is 0. The molecule has 0 spiro atoms. The molecule has 0 bridgehead atoms. The molecule has 0 atom stereocenters. The zero-order valence-electron chi connectivity index (χ0n) is 14.0. The average Bonchev–Trinajstić information content (AvgIpc) is 2.67. The van der Waals surface area contributed by atoms with Gasteiger partial charge in [-0.3, -0.25) is 10.1 Å². The van der Waals surface area contributed by atoms with Crippen LogP contribution in [0.4, 0.5) is 10.1 Å². The summed E-state index contributed by atoms with van der Waals surface area (Å²) in [4.78, 5) is 21.5. The lowest BCUT2D eigenvalue weighted by Gasteiger charge is -2.12. The molecule has 0 aliphatic carbocycles. The fraction of sp³-hybridized carbons (Fsp3) is 0.0500. The summed E-state index contributed by atoms with van der Waals surface area (Å²) in [6.07, 6.45) is 0. The van der Waals surface area contributed by atoms with Gasteiger partial charge in [0, 0.05) is 11.6 Å². The molecule has 1 N–H and O–H groups in total. The summed E-state index contributed by atoms with van der Waals surface area (Å²) in [5.74, 6) is -2.56. The summed E-state index contributed by atoms with van der Waals surface area (Å²) < 4.78 is 19.9. The number of rotatable bonds is 6. The number of hydrogen-bond acceptors (Lipinski definition) is 4. The van der Waals surface area contributed by atoms with Gasteiger partial charge in [0.1, 0.15) is 17.9 Å². The molecule has 3 aromatic rings. The van der Waals surface area contributed by atoms with E-state index in [2.05, 4.69) is 0 Å². The van der Waals surface area contributed by atoms with Crippen LogP contribution in [0.2, 0.25) is 0 Å². The maximum Gasteiger partial charge on any atom is 0.338 e. The maximum atomic E-state index is 14.1. The van der Waals surface area contributed by atoms with Crippen molar-refractivity contribution >= 4 is 11.7 Å². The van der Waals surface area contributed by atoms with Gasteiger partial charge < -0.3 is 9.84 Å². The van der Waals surface area contributed by atoms with E-state index in [-0.39, 0.29) is 12.2 Å². The van der Waals surface area contributed by atoms with Gasteiger partial charge in [-0.2, -0.15) is 4.39 Å². The molecule has 0 aliphatic rings. The molecule has 7 heteroatoms. The van der Waals surface area contributed by atoms with Crippen LogP contribution < -0.4 is 4.74 Å². The lowest BCUT2D eigenvalue weighted by atomic mass is 10.0. The molecule has 27 heavy (non-hydrogen) atoms. The van der Waals surface area contributed by atoms with Gasteiger partial charge in [0.15, 0.2) is 0 Å². The van der Waals surface area contributed by atoms with E-state index >= 15 is 0 Å². The van der Waals surface area contributed by atoms with Crippen molar-refractivity contribution in [1.29, 1.82) is 0 Å². The van der Waals surface area contributed by atoms with Gasteiger partial charge in [0.2, 0.25) is 5.82 Å². The third-order valence-corrected chi connectivity index (χ3v) is 3.92. The van der Waals surface area contributed by atoms with Gasteiger partial charge in [0.25, 0.3) is 0 Å². The first-order valence-corrected chi connectivity index (χ1v) is 7.94. The molecule has 0 unspecified atom stereocenters. The number of ether oxygens (including phenoxy) is 1. The van der Waals surface area contributed by atoms with Crippen LogP contribution in [0.3, 0.4) is 0 Å². The van der Waals surface area contributed by atoms with Crippen LogP contribution >= 0.6 is 0 Å². The van der Waals surface area contributed by atoms with Crippen LogP contribution in [0.5, 0.6) is 5.75 Å². The van der Waals surface area contributed by atoms with Crippen LogP contribution in [-0.2, 0) is 6.61 Å². The van der Waals surface area contributed by atoms with Gasteiger partial charge in [-0.25, -0.2) is 4.79 Å². The highest BCUT2D eigenvalue weighted by Gasteiger charge is 2.24. The van der Waals surface area contributed by atoms with E-state index in [1.165, 1.54) is 0 Å². The first kappa shape index (κ1) is 18.1. The fourth-order valence-electron chi connectivity index (χ4n) is 2.62. The van der Waals surface area contributed by atoms with Crippen LogP contribution in [0.25, 0.3) is 11.1 Å². The minimum absolute atomic E-state index is 0.184. The van der Waals surface area contributed by atoms with Gasteiger partial charge in [-0.05, 0) is 23.3 Å². The van der Waals surface area contributed by atoms with E-state index in [1.807, 2.05) is 30.3 Å². The van der Waals surface area contributed by atoms with Crippen LogP contribution in [0.1, 0.15) is 15.9 Å². The molecule has 3 aromatic carbocycles. The van der Waals surface area contributed by atoms with Crippen molar-refractivity contribution < 1.29 is 24.0 Å². The number of halogens is 1. The van der Waals surface area contributed by atoms with E-state index in [1.54, 1.807) is 24.3 Å². The highest BCUT2D eigenvalue weighted by molar-refractivity contribution is 5.91. The maximum absolute atomic E-state index is 14.1. The molecule has 6 nitrogen and oxygen atoms in total. The Kier molecular flexibility index (Phi) is 5.12. The second-order valence-electron chi connectivity index (χ2n) is 5.69. The number of aromatic carboxylic acids is 1. The monoisotopic (exact) mass is 367 g/mol. The van der Waals surface area contributed by atoms with E-state index in [9.17, 15) is 24.4 Å². The second-order valence-corrected chi connectivity index (χ2v) is 5.69. The Bertz CT molecular complexity index is 969. The molecule has 0 saturated carbocycles. The number of benzene rings is 3. The second kappa shape index (κ2) is 7.65. The van der Waals surface area contributed by atoms with E-state index in [0.717, 1.165) is 17.7 Å². The molecule has 0 aromatic heterocycles. The number of hydrogen-bond donors (Lipinski definition) is 1. The van der Waals surface area contributed by atoms with Crippen molar-refractivity contribution in [3.63, 3.8) is 0 Å². The number of carboxylic acids is 1. The van der Waals surface area contributed by atoms with Crippen molar-refractivity contribution in [2.75, 3.05) is 0 Å². The predicted molar refractivity (Wildman–Crippen MR) is 96.2 cm³/mol. The number of nitro benzene ring substituents is 1. The molecule has 0 radical (unpaired) electrons.